The molecular weight excluding hydrogens is 310 g/mol. The number of nitriles is 1. The lowest BCUT2D eigenvalue weighted by Gasteiger charge is -2.32. The fraction of sp³-hybridized carbons (Fsp3) is 0.556. The Kier molecular flexibility index (Phi) is 4.95. The van der Waals surface area contributed by atoms with E-state index in [-0.39, 0.29) is 10.7 Å². The Morgan fingerprint density at radius 3 is 2.35 bits per heavy atom. The third kappa shape index (κ3) is 3.48. The molecule has 0 bridgehead atoms. The number of carbonyl (C=O) groups excluding carboxylic acids is 1. The standard InChI is InChI=1S/C18H23NO3S/c1-13-7-9-14(10-8-13)23(21,22)16-6-4-5-11-18(2,3)17(20)15(16)12-19/h7-10,15-16H,4-6,11H2,1-3H3/t15-,16+/m1/s1. The summed E-state index contributed by atoms with van der Waals surface area (Å²) in [6.07, 6.45) is 2.57. The summed E-state index contributed by atoms with van der Waals surface area (Å²) in [5, 5.41) is 8.54. The number of ketones is 1. The van der Waals surface area contributed by atoms with Crippen LogP contribution in [0.4, 0.5) is 0 Å². The minimum atomic E-state index is -3.71. The molecule has 0 N–H and O–H groups in total. The number of aryl methyl sites for hydroxylation is 1. The average Bonchev–Trinajstić information content (AvgIpc) is 2.49. The van der Waals surface area contributed by atoms with Gasteiger partial charge in [0, 0.05) is 5.41 Å². The van der Waals surface area contributed by atoms with Gasteiger partial charge in [-0.15, -0.1) is 0 Å². The third-order valence-electron chi connectivity index (χ3n) is 4.75. The molecule has 2 atom stereocenters. The van der Waals surface area contributed by atoms with Crippen LogP contribution in [0, 0.1) is 29.6 Å². The highest BCUT2D eigenvalue weighted by Gasteiger charge is 2.44. The summed E-state index contributed by atoms with van der Waals surface area (Å²) in [7, 11) is -3.71. The lowest BCUT2D eigenvalue weighted by Crippen LogP contribution is -2.42. The number of hydrogen-bond acceptors (Lipinski definition) is 4. The smallest absolute Gasteiger partial charge is 0.182 e. The summed E-state index contributed by atoms with van der Waals surface area (Å²) < 4.78 is 26.0. The van der Waals surface area contributed by atoms with Gasteiger partial charge in [0.05, 0.1) is 16.2 Å². The predicted octanol–water partition coefficient (Wildman–Crippen LogP) is 3.45. The van der Waals surface area contributed by atoms with Crippen molar-refractivity contribution in [3.05, 3.63) is 29.8 Å². The fourth-order valence-electron chi connectivity index (χ4n) is 3.17. The summed E-state index contributed by atoms with van der Waals surface area (Å²) in [5.41, 5.74) is 0.317. The monoisotopic (exact) mass is 333 g/mol. The van der Waals surface area contributed by atoms with Crippen molar-refractivity contribution in [2.24, 2.45) is 11.3 Å². The van der Waals surface area contributed by atoms with E-state index in [1.807, 2.05) is 13.0 Å². The highest BCUT2D eigenvalue weighted by Crippen LogP contribution is 2.37. The number of carbonyl (C=O) groups is 1. The highest BCUT2D eigenvalue weighted by atomic mass is 32.2. The topological polar surface area (TPSA) is 75.0 Å². The number of nitrogens with zero attached hydrogens (tertiary/aromatic N) is 1. The molecule has 1 aromatic rings. The first kappa shape index (κ1) is 17.7. The van der Waals surface area contributed by atoms with Crippen LogP contribution in [0.2, 0.25) is 0 Å². The van der Waals surface area contributed by atoms with Crippen LogP contribution in [0.25, 0.3) is 0 Å². The van der Waals surface area contributed by atoms with Crippen molar-refractivity contribution in [3.8, 4) is 6.07 Å². The van der Waals surface area contributed by atoms with Gasteiger partial charge in [-0.25, -0.2) is 8.42 Å². The zero-order valence-electron chi connectivity index (χ0n) is 13.9. The molecule has 0 radical (unpaired) electrons. The first-order chi connectivity index (χ1) is 10.7. The van der Waals surface area contributed by atoms with E-state index in [0.717, 1.165) is 12.0 Å². The van der Waals surface area contributed by atoms with Crippen LogP contribution in [0.5, 0.6) is 0 Å². The Balaban J connectivity index is 2.47. The lowest BCUT2D eigenvalue weighted by atomic mass is 9.74. The van der Waals surface area contributed by atoms with Crippen molar-refractivity contribution in [2.45, 2.75) is 56.6 Å². The van der Waals surface area contributed by atoms with Gasteiger partial charge in [0.1, 0.15) is 5.92 Å². The molecule has 0 amide bonds. The van der Waals surface area contributed by atoms with E-state index < -0.39 is 26.4 Å². The van der Waals surface area contributed by atoms with E-state index in [1.165, 1.54) is 0 Å². The number of benzene rings is 1. The van der Waals surface area contributed by atoms with Crippen molar-refractivity contribution in [2.75, 3.05) is 0 Å². The van der Waals surface area contributed by atoms with Crippen molar-refractivity contribution < 1.29 is 13.2 Å². The maximum Gasteiger partial charge on any atom is 0.182 e. The van der Waals surface area contributed by atoms with Crippen LogP contribution < -0.4 is 0 Å². The van der Waals surface area contributed by atoms with E-state index in [9.17, 15) is 18.5 Å². The van der Waals surface area contributed by atoms with Crippen LogP contribution in [-0.2, 0) is 14.6 Å². The first-order valence-corrected chi connectivity index (χ1v) is 9.49. The van der Waals surface area contributed by atoms with Gasteiger partial charge >= 0.3 is 0 Å². The molecule has 1 aromatic carbocycles. The Morgan fingerprint density at radius 1 is 1.17 bits per heavy atom. The second kappa shape index (κ2) is 6.45. The van der Waals surface area contributed by atoms with Crippen molar-refractivity contribution in [3.63, 3.8) is 0 Å². The summed E-state index contributed by atoms with van der Waals surface area (Å²) in [6.45, 7) is 5.50. The lowest BCUT2D eigenvalue weighted by molar-refractivity contribution is -0.130. The molecule has 1 saturated carbocycles. The minimum Gasteiger partial charge on any atom is -0.298 e. The molecule has 1 aliphatic rings. The zero-order valence-corrected chi connectivity index (χ0v) is 14.7. The third-order valence-corrected chi connectivity index (χ3v) is 6.98. The van der Waals surface area contributed by atoms with Gasteiger partial charge in [-0.1, -0.05) is 44.4 Å². The summed E-state index contributed by atoms with van der Waals surface area (Å²) >= 11 is 0. The second-order valence-electron chi connectivity index (χ2n) is 7.00. The van der Waals surface area contributed by atoms with Crippen LogP contribution in [0.1, 0.15) is 45.1 Å². The van der Waals surface area contributed by atoms with Gasteiger partial charge in [-0.2, -0.15) is 5.26 Å². The normalized spacial score (nSPS) is 25.2. The molecule has 0 heterocycles. The van der Waals surface area contributed by atoms with Crippen LogP contribution >= 0.6 is 0 Å². The maximum atomic E-state index is 13.0. The maximum absolute atomic E-state index is 13.0. The van der Waals surface area contributed by atoms with Gasteiger partial charge in [-0.05, 0) is 31.9 Å². The summed E-state index contributed by atoms with van der Waals surface area (Å²) in [6, 6.07) is 8.59. The quantitative estimate of drug-likeness (QED) is 0.831. The molecule has 2 rings (SSSR count). The summed E-state index contributed by atoms with van der Waals surface area (Å²) in [4.78, 5) is 12.9. The Morgan fingerprint density at radius 2 is 1.78 bits per heavy atom. The molecular formula is C18H23NO3S. The Bertz CT molecular complexity index is 727. The molecule has 1 aliphatic carbocycles. The number of rotatable bonds is 2. The molecule has 0 spiro atoms. The number of sulfone groups is 1. The average molecular weight is 333 g/mol. The Labute approximate surface area is 138 Å². The zero-order chi connectivity index (χ0) is 17.3. The number of hydrogen-bond donors (Lipinski definition) is 0. The molecule has 0 aliphatic heterocycles. The van der Waals surface area contributed by atoms with Crippen molar-refractivity contribution in [1.82, 2.24) is 0 Å². The second-order valence-corrected chi connectivity index (χ2v) is 9.16. The molecule has 4 nitrogen and oxygen atoms in total. The molecule has 5 heteroatoms. The number of Topliss-reactive ketones (excluding diaryl/α,β-unsaturated/α-hetero) is 1. The molecule has 23 heavy (non-hydrogen) atoms. The molecule has 0 aromatic heterocycles. The van der Waals surface area contributed by atoms with Gasteiger partial charge in [0.2, 0.25) is 0 Å². The van der Waals surface area contributed by atoms with Crippen LogP contribution in [-0.4, -0.2) is 19.5 Å². The molecule has 1 fully saturated rings. The van der Waals surface area contributed by atoms with E-state index in [1.54, 1.807) is 38.1 Å². The van der Waals surface area contributed by atoms with E-state index in [2.05, 4.69) is 0 Å². The van der Waals surface area contributed by atoms with Gasteiger partial charge in [-0.3, -0.25) is 4.79 Å². The SMILES string of the molecule is Cc1ccc(S(=O)(=O)[C@H]2CCCCC(C)(C)C(=O)[C@@H]2C#N)cc1. The van der Waals surface area contributed by atoms with E-state index in [0.29, 0.717) is 19.3 Å². The molecule has 124 valence electrons. The summed E-state index contributed by atoms with van der Waals surface area (Å²) in [5.74, 6) is -1.35. The van der Waals surface area contributed by atoms with Gasteiger partial charge in [0.25, 0.3) is 0 Å². The van der Waals surface area contributed by atoms with Gasteiger partial charge in [0.15, 0.2) is 15.6 Å². The molecule has 0 saturated heterocycles. The first-order valence-electron chi connectivity index (χ1n) is 7.94. The largest absolute Gasteiger partial charge is 0.298 e. The Hall–Kier alpha value is -1.67. The predicted molar refractivity (Wildman–Crippen MR) is 88.5 cm³/mol. The van der Waals surface area contributed by atoms with Crippen molar-refractivity contribution in [1.29, 1.82) is 5.26 Å². The van der Waals surface area contributed by atoms with Crippen LogP contribution in [0.3, 0.4) is 0 Å². The van der Waals surface area contributed by atoms with E-state index in [4.69, 9.17) is 0 Å². The molecule has 0 unspecified atom stereocenters. The van der Waals surface area contributed by atoms with Crippen LogP contribution in [0.15, 0.2) is 29.2 Å². The fourth-order valence-corrected chi connectivity index (χ4v) is 5.06. The van der Waals surface area contributed by atoms with Gasteiger partial charge < -0.3 is 0 Å². The van der Waals surface area contributed by atoms with Crippen molar-refractivity contribution >= 4 is 15.6 Å². The van der Waals surface area contributed by atoms with E-state index >= 15 is 0 Å². The highest BCUT2D eigenvalue weighted by molar-refractivity contribution is 7.92. The minimum absolute atomic E-state index is 0.194.